The lowest BCUT2D eigenvalue weighted by molar-refractivity contribution is -0.387. The van der Waals surface area contributed by atoms with Gasteiger partial charge in [0, 0.05) is 0 Å². The first-order chi connectivity index (χ1) is 21.3. The van der Waals surface area contributed by atoms with Crippen molar-refractivity contribution < 1.29 is 105 Å². The summed E-state index contributed by atoms with van der Waals surface area (Å²) in [6.07, 6.45) is -35.3. The highest BCUT2D eigenvalue weighted by Gasteiger charge is 2.55. The van der Waals surface area contributed by atoms with Crippen molar-refractivity contribution in [3.05, 3.63) is 0 Å². The van der Waals surface area contributed by atoms with Crippen molar-refractivity contribution in [1.82, 2.24) is 0 Å². The van der Waals surface area contributed by atoms with Crippen LogP contribution in [-0.2, 0) is 33.2 Å². The normalized spacial score (nSPS) is 52.9. The van der Waals surface area contributed by atoms with E-state index in [0.29, 0.717) is 0 Å². The molecule has 0 bridgehead atoms. The molecule has 0 spiro atoms. The molecule has 0 amide bonds. The summed E-state index contributed by atoms with van der Waals surface area (Å²) in [7, 11) is 0. The van der Waals surface area contributed by atoms with Gasteiger partial charge in [0.2, 0.25) is 0 Å². The number of aliphatic hydroxyl groups excluding tert-OH is 14. The van der Waals surface area contributed by atoms with Gasteiger partial charge in [-0.25, -0.2) is 0 Å². The Hall–Kier alpha value is -0.840. The standard InChI is InChI=1S/C24H42O21/c25-1-5-9(29)10(30)15(35)22(40-5)44-19-7(3-27)42-24(17(37)12(19)32)45-20-8(4-28)41-23(16(36)13(20)33)43-18-6(2-26)39-21(38)14(34)11(18)31/h5-38H,1-4H2/t5-,6-,7-,8-,9-,10+,11-,12-,13-,14+,15+,16+,17-,18-,19-,20-,21+,22-,23-,24+/m1/s1. The van der Waals surface area contributed by atoms with Crippen LogP contribution in [0, 0.1) is 0 Å². The molecule has 0 aromatic rings. The minimum atomic E-state index is -2.02. The van der Waals surface area contributed by atoms with E-state index in [2.05, 4.69) is 0 Å². The van der Waals surface area contributed by atoms with Crippen molar-refractivity contribution in [3.63, 3.8) is 0 Å². The molecule has 0 aromatic heterocycles. The van der Waals surface area contributed by atoms with Crippen LogP contribution in [0.25, 0.3) is 0 Å². The molecule has 0 saturated carbocycles. The van der Waals surface area contributed by atoms with Gasteiger partial charge in [-0.2, -0.15) is 0 Å². The van der Waals surface area contributed by atoms with Crippen LogP contribution in [0.1, 0.15) is 0 Å². The second-order valence-corrected chi connectivity index (χ2v) is 11.1. The van der Waals surface area contributed by atoms with Crippen LogP contribution < -0.4 is 0 Å². The predicted octanol–water partition coefficient (Wildman–Crippen LogP) is -9.75. The van der Waals surface area contributed by atoms with Gasteiger partial charge in [-0.05, 0) is 0 Å². The molecule has 21 nitrogen and oxygen atoms in total. The summed E-state index contributed by atoms with van der Waals surface area (Å²) < 4.78 is 37.7. The molecule has 0 radical (unpaired) electrons. The van der Waals surface area contributed by atoms with E-state index in [4.69, 9.17) is 33.2 Å². The number of hydrogen-bond acceptors (Lipinski definition) is 21. The highest BCUT2D eigenvalue weighted by Crippen LogP contribution is 2.34. The highest BCUT2D eigenvalue weighted by atomic mass is 16.8. The Labute approximate surface area is 254 Å². The highest BCUT2D eigenvalue weighted by molar-refractivity contribution is 4.97. The second-order valence-electron chi connectivity index (χ2n) is 11.1. The third kappa shape index (κ3) is 7.44. The van der Waals surface area contributed by atoms with Crippen LogP contribution in [-0.4, -0.2) is 221 Å². The van der Waals surface area contributed by atoms with E-state index in [0.717, 1.165) is 0 Å². The first kappa shape index (κ1) is 37.0. The zero-order valence-corrected chi connectivity index (χ0v) is 23.5. The van der Waals surface area contributed by atoms with Crippen molar-refractivity contribution in [1.29, 1.82) is 0 Å². The Bertz CT molecular complexity index is 910. The van der Waals surface area contributed by atoms with Gasteiger partial charge in [-0.1, -0.05) is 0 Å². The number of ether oxygens (including phenoxy) is 7. The number of hydrogen-bond donors (Lipinski definition) is 14. The first-order valence-electron chi connectivity index (χ1n) is 14.1. The lowest BCUT2D eigenvalue weighted by Gasteiger charge is -2.49. The average molecular weight is 667 g/mol. The molecular weight excluding hydrogens is 624 g/mol. The van der Waals surface area contributed by atoms with Crippen molar-refractivity contribution in [3.8, 4) is 0 Å². The molecule has 14 N–H and O–H groups in total. The molecule has 264 valence electrons. The second kappa shape index (κ2) is 15.6. The van der Waals surface area contributed by atoms with Crippen molar-refractivity contribution >= 4 is 0 Å². The minimum Gasteiger partial charge on any atom is -0.394 e. The van der Waals surface area contributed by atoms with Gasteiger partial charge in [0.15, 0.2) is 25.2 Å². The van der Waals surface area contributed by atoms with E-state index >= 15 is 0 Å². The average Bonchev–Trinajstić information content (AvgIpc) is 3.03. The molecule has 45 heavy (non-hydrogen) atoms. The van der Waals surface area contributed by atoms with E-state index in [1.54, 1.807) is 0 Å². The number of aliphatic hydroxyl groups is 14. The van der Waals surface area contributed by atoms with E-state index < -0.39 is 149 Å². The molecule has 0 aliphatic carbocycles. The maximum absolute atomic E-state index is 10.9. The Kier molecular flexibility index (Phi) is 12.8. The fourth-order valence-electron chi connectivity index (χ4n) is 5.55. The summed E-state index contributed by atoms with van der Waals surface area (Å²) in [6.45, 7) is -3.39. The van der Waals surface area contributed by atoms with Crippen LogP contribution in [0.15, 0.2) is 0 Å². The Morgan fingerprint density at radius 2 is 0.644 bits per heavy atom. The van der Waals surface area contributed by atoms with Crippen molar-refractivity contribution in [2.75, 3.05) is 26.4 Å². The molecule has 4 heterocycles. The number of rotatable bonds is 10. The Balaban J connectivity index is 1.43. The minimum absolute atomic E-state index is 0.784. The third-order valence-electron chi connectivity index (χ3n) is 8.20. The third-order valence-corrected chi connectivity index (χ3v) is 8.20. The molecule has 0 aromatic carbocycles. The van der Waals surface area contributed by atoms with E-state index in [-0.39, 0.29) is 0 Å². The van der Waals surface area contributed by atoms with Gasteiger partial charge in [0.25, 0.3) is 0 Å². The SMILES string of the molecule is OC[C@H]1O[C@H](O[C@H]2[C@H](O)[C@@H](O)[C@H](O[C@H]3[C@H](O)[C@H](O)[C@@H](O[C@H]4[C@H](O)[C@H](O)[C@@H](O)O[C@@H]4CO)O[C@@H]3CO)O[C@@H]2CO)[C@@H](O)[C@@H](O)[C@@H]1O. The van der Waals surface area contributed by atoms with Gasteiger partial charge >= 0.3 is 0 Å². The molecule has 21 heteroatoms. The predicted molar refractivity (Wildman–Crippen MR) is 134 cm³/mol. The van der Waals surface area contributed by atoms with Crippen molar-refractivity contribution in [2.24, 2.45) is 0 Å². The molecule has 4 aliphatic rings. The summed E-state index contributed by atoms with van der Waals surface area (Å²) in [4.78, 5) is 0. The van der Waals surface area contributed by atoms with Gasteiger partial charge < -0.3 is 105 Å². The lowest BCUT2D eigenvalue weighted by atomic mass is 9.95. The molecule has 4 fully saturated rings. The quantitative estimate of drug-likeness (QED) is 0.103. The van der Waals surface area contributed by atoms with Gasteiger partial charge in [-0.3, -0.25) is 0 Å². The summed E-state index contributed by atoms with van der Waals surface area (Å²) in [5.74, 6) is 0. The summed E-state index contributed by atoms with van der Waals surface area (Å²) in [5.41, 5.74) is 0. The van der Waals surface area contributed by atoms with Gasteiger partial charge in [0.1, 0.15) is 97.7 Å². The Morgan fingerprint density at radius 3 is 1.02 bits per heavy atom. The van der Waals surface area contributed by atoms with Crippen LogP contribution in [0.2, 0.25) is 0 Å². The summed E-state index contributed by atoms with van der Waals surface area (Å²) >= 11 is 0. The Morgan fingerprint density at radius 1 is 0.333 bits per heavy atom. The maximum atomic E-state index is 10.9. The maximum Gasteiger partial charge on any atom is 0.187 e. The molecule has 4 rings (SSSR count). The fourth-order valence-corrected chi connectivity index (χ4v) is 5.55. The van der Waals surface area contributed by atoms with Gasteiger partial charge in [-0.15, -0.1) is 0 Å². The first-order valence-corrected chi connectivity index (χ1v) is 14.1. The summed E-state index contributed by atoms with van der Waals surface area (Å²) in [5, 5.41) is 142. The smallest absolute Gasteiger partial charge is 0.187 e. The largest absolute Gasteiger partial charge is 0.394 e. The fraction of sp³-hybridized carbons (Fsp3) is 1.00. The molecule has 4 aliphatic heterocycles. The zero-order valence-electron chi connectivity index (χ0n) is 23.5. The zero-order chi connectivity index (χ0) is 33.3. The van der Waals surface area contributed by atoms with Crippen LogP contribution in [0.3, 0.4) is 0 Å². The van der Waals surface area contributed by atoms with Crippen molar-refractivity contribution in [2.45, 2.75) is 123 Å². The van der Waals surface area contributed by atoms with E-state index in [9.17, 15) is 71.5 Å². The summed E-state index contributed by atoms with van der Waals surface area (Å²) in [6, 6.07) is 0. The topological polar surface area (TPSA) is 348 Å². The van der Waals surface area contributed by atoms with Gasteiger partial charge in [0.05, 0.1) is 26.4 Å². The molecule has 20 atom stereocenters. The van der Waals surface area contributed by atoms with E-state index in [1.165, 1.54) is 0 Å². The van der Waals surface area contributed by atoms with E-state index in [1.807, 2.05) is 0 Å². The van der Waals surface area contributed by atoms with Crippen LogP contribution in [0.5, 0.6) is 0 Å². The molecular formula is C24H42O21. The lowest BCUT2D eigenvalue weighted by Crippen LogP contribution is -2.67. The molecule has 4 saturated heterocycles. The van der Waals surface area contributed by atoms with Crippen LogP contribution >= 0.6 is 0 Å². The molecule has 0 unspecified atom stereocenters. The monoisotopic (exact) mass is 666 g/mol. The van der Waals surface area contributed by atoms with Crippen LogP contribution in [0.4, 0.5) is 0 Å².